The summed E-state index contributed by atoms with van der Waals surface area (Å²) in [6, 6.07) is 11.2. The standard InChI is InChI=1S/C21H18BrF3N2O2/c1-2-3-9-29-19-8-7-17(22)11-14(19)10-15(13-26)20(28)27-18-6-4-5-16(12-18)21(23,24)25/h4-8,10-12H,2-3,9H2,1H3,(H,27,28)/b15-10+. The lowest BCUT2D eigenvalue weighted by atomic mass is 10.1. The Morgan fingerprint density at radius 3 is 2.69 bits per heavy atom. The SMILES string of the molecule is CCCCOc1ccc(Br)cc1/C=C(\C#N)C(=O)Nc1cccc(C(F)(F)F)c1. The maximum absolute atomic E-state index is 12.8. The Bertz CT molecular complexity index is 950. The summed E-state index contributed by atoms with van der Waals surface area (Å²) >= 11 is 3.33. The highest BCUT2D eigenvalue weighted by molar-refractivity contribution is 9.10. The fourth-order valence-electron chi connectivity index (χ4n) is 2.37. The Balaban J connectivity index is 2.27. The van der Waals surface area contributed by atoms with Crippen LogP contribution in [0.2, 0.25) is 0 Å². The monoisotopic (exact) mass is 466 g/mol. The molecule has 0 atom stereocenters. The van der Waals surface area contributed by atoms with Gasteiger partial charge in [-0.25, -0.2) is 0 Å². The van der Waals surface area contributed by atoms with E-state index in [2.05, 4.69) is 21.2 Å². The molecule has 0 aliphatic heterocycles. The summed E-state index contributed by atoms with van der Waals surface area (Å²) in [7, 11) is 0. The average Bonchev–Trinajstić information content (AvgIpc) is 2.67. The number of nitriles is 1. The molecule has 152 valence electrons. The largest absolute Gasteiger partial charge is 0.493 e. The molecule has 2 aromatic carbocycles. The molecule has 4 nitrogen and oxygen atoms in total. The zero-order valence-electron chi connectivity index (χ0n) is 15.5. The van der Waals surface area contributed by atoms with Crippen molar-refractivity contribution in [3.8, 4) is 11.8 Å². The minimum Gasteiger partial charge on any atom is -0.493 e. The molecular formula is C21H18BrF3N2O2. The average molecular weight is 467 g/mol. The number of hydrogen-bond acceptors (Lipinski definition) is 3. The van der Waals surface area contributed by atoms with E-state index in [4.69, 9.17) is 4.74 Å². The summed E-state index contributed by atoms with van der Waals surface area (Å²) in [4.78, 5) is 12.4. The van der Waals surface area contributed by atoms with E-state index in [0.717, 1.165) is 29.4 Å². The highest BCUT2D eigenvalue weighted by Crippen LogP contribution is 2.31. The second-order valence-electron chi connectivity index (χ2n) is 6.09. The van der Waals surface area contributed by atoms with Crippen molar-refractivity contribution in [2.24, 2.45) is 0 Å². The third-order valence-corrected chi connectivity index (χ3v) is 4.33. The summed E-state index contributed by atoms with van der Waals surface area (Å²) in [6.07, 6.45) is -1.39. The van der Waals surface area contributed by atoms with Gasteiger partial charge in [0.1, 0.15) is 17.4 Å². The third kappa shape index (κ3) is 6.64. The number of alkyl halides is 3. The zero-order valence-corrected chi connectivity index (χ0v) is 17.1. The summed E-state index contributed by atoms with van der Waals surface area (Å²) in [5.74, 6) is -0.312. The van der Waals surface area contributed by atoms with Gasteiger partial charge in [0.25, 0.3) is 5.91 Å². The Kier molecular flexibility index (Phi) is 7.85. The van der Waals surface area contributed by atoms with Crippen molar-refractivity contribution >= 4 is 33.6 Å². The zero-order chi connectivity index (χ0) is 21.4. The second kappa shape index (κ2) is 10.1. The van der Waals surface area contributed by atoms with Crippen LogP contribution in [0.15, 0.2) is 52.5 Å². The number of halogens is 4. The number of nitrogens with one attached hydrogen (secondary N) is 1. The minimum atomic E-state index is -4.53. The van der Waals surface area contributed by atoms with Crippen molar-refractivity contribution in [2.75, 3.05) is 11.9 Å². The first-order valence-corrected chi connectivity index (χ1v) is 9.56. The van der Waals surface area contributed by atoms with Gasteiger partial charge in [0.2, 0.25) is 0 Å². The normalized spacial score (nSPS) is 11.7. The molecule has 0 fully saturated rings. The quantitative estimate of drug-likeness (QED) is 0.300. The van der Waals surface area contributed by atoms with Gasteiger partial charge < -0.3 is 10.1 Å². The van der Waals surface area contributed by atoms with Crippen LogP contribution in [0.25, 0.3) is 6.08 Å². The number of unbranched alkanes of at least 4 members (excludes halogenated alkanes) is 1. The van der Waals surface area contributed by atoms with Gasteiger partial charge in [-0.05, 0) is 48.9 Å². The van der Waals surface area contributed by atoms with E-state index < -0.39 is 17.6 Å². The Morgan fingerprint density at radius 1 is 1.28 bits per heavy atom. The molecule has 8 heteroatoms. The van der Waals surface area contributed by atoms with Crippen molar-refractivity contribution < 1.29 is 22.7 Å². The number of anilines is 1. The third-order valence-electron chi connectivity index (χ3n) is 3.84. The van der Waals surface area contributed by atoms with Crippen LogP contribution in [0.4, 0.5) is 18.9 Å². The first-order chi connectivity index (χ1) is 13.7. The maximum Gasteiger partial charge on any atom is 0.416 e. The van der Waals surface area contributed by atoms with Crippen LogP contribution in [-0.4, -0.2) is 12.5 Å². The molecule has 0 aliphatic carbocycles. The van der Waals surface area contributed by atoms with Crippen LogP contribution < -0.4 is 10.1 Å². The molecule has 1 N–H and O–H groups in total. The molecule has 1 amide bonds. The molecule has 2 aromatic rings. The summed E-state index contributed by atoms with van der Waals surface area (Å²) < 4.78 is 44.9. The molecule has 2 rings (SSSR count). The van der Waals surface area contributed by atoms with Crippen molar-refractivity contribution in [3.05, 3.63) is 63.6 Å². The van der Waals surface area contributed by atoms with Crippen molar-refractivity contribution in [1.29, 1.82) is 5.26 Å². The van der Waals surface area contributed by atoms with Crippen LogP contribution in [-0.2, 0) is 11.0 Å². The molecule has 0 radical (unpaired) electrons. The van der Waals surface area contributed by atoms with Crippen LogP contribution >= 0.6 is 15.9 Å². The number of amides is 1. The van der Waals surface area contributed by atoms with Crippen molar-refractivity contribution in [2.45, 2.75) is 25.9 Å². The molecule has 0 aliphatic rings. The van der Waals surface area contributed by atoms with E-state index >= 15 is 0 Å². The lowest BCUT2D eigenvalue weighted by Gasteiger charge is -2.11. The van der Waals surface area contributed by atoms with E-state index in [1.165, 1.54) is 18.2 Å². The molecule has 0 bridgehead atoms. The first kappa shape index (κ1) is 22.5. The van der Waals surface area contributed by atoms with Crippen LogP contribution in [0, 0.1) is 11.3 Å². The van der Waals surface area contributed by atoms with E-state index in [1.807, 2.05) is 6.92 Å². The van der Waals surface area contributed by atoms with E-state index in [0.29, 0.717) is 17.9 Å². The number of nitrogens with zero attached hydrogens (tertiary/aromatic N) is 1. The fraction of sp³-hybridized carbons (Fsp3) is 0.238. The van der Waals surface area contributed by atoms with Crippen molar-refractivity contribution in [3.63, 3.8) is 0 Å². The maximum atomic E-state index is 12.8. The molecule has 0 spiro atoms. The molecule has 0 unspecified atom stereocenters. The van der Waals surface area contributed by atoms with Gasteiger partial charge >= 0.3 is 6.18 Å². The predicted octanol–water partition coefficient (Wildman–Crippen LogP) is 6.19. The van der Waals surface area contributed by atoms with E-state index in [-0.39, 0.29) is 11.3 Å². The topological polar surface area (TPSA) is 62.1 Å². The summed E-state index contributed by atoms with van der Waals surface area (Å²) in [5.41, 5.74) is -0.705. The van der Waals surface area contributed by atoms with E-state index in [1.54, 1.807) is 24.3 Å². The van der Waals surface area contributed by atoms with Gasteiger partial charge in [0.15, 0.2) is 0 Å². The summed E-state index contributed by atoms with van der Waals surface area (Å²) in [6.45, 7) is 2.51. The number of carbonyl (C=O) groups excluding carboxylic acids is 1. The number of ether oxygens (including phenoxy) is 1. The van der Waals surface area contributed by atoms with E-state index in [9.17, 15) is 23.2 Å². The van der Waals surface area contributed by atoms with Crippen LogP contribution in [0.3, 0.4) is 0 Å². The second-order valence-corrected chi connectivity index (χ2v) is 7.00. The lowest BCUT2D eigenvalue weighted by Crippen LogP contribution is -2.14. The highest BCUT2D eigenvalue weighted by atomic mass is 79.9. The van der Waals surface area contributed by atoms with Crippen LogP contribution in [0.1, 0.15) is 30.9 Å². The van der Waals surface area contributed by atoms with Gasteiger partial charge in [-0.15, -0.1) is 0 Å². The van der Waals surface area contributed by atoms with Gasteiger partial charge in [0.05, 0.1) is 12.2 Å². The molecule has 0 aromatic heterocycles. The highest BCUT2D eigenvalue weighted by Gasteiger charge is 2.30. The lowest BCUT2D eigenvalue weighted by molar-refractivity contribution is -0.137. The van der Waals surface area contributed by atoms with Crippen LogP contribution in [0.5, 0.6) is 5.75 Å². The summed E-state index contributed by atoms with van der Waals surface area (Å²) in [5, 5.41) is 11.7. The van der Waals surface area contributed by atoms with Gasteiger partial charge in [-0.2, -0.15) is 18.4 Å². The predicted molar refractivity (Wildman–Crippen MR) is 108 cm³/mol. The van der Waals surface area contributed by atoms with Gasteiger partial charge in [-0.3, -0.25) is 4.79 Å². The minimum absolute atomic E-state index is 0.0559. The molecule has 0 heterocycles. The Hall–Kier alpha value is -2.79. The molecule has 29 heavy (non-hydrogen) atoms. The number of rotatable bonds is 7. The van der Waals surface area contributed by atoms with Crippen molar-refractivity contribution in [1.82, 2.24) is 0 Å². The smallest absolute Gasteiger partial charge is 0.416 e. The van der Waals surface area contributed by atoms with Gasteiger partial charge in [-0.1, -0.05) is 35.3 Å². The molecule has 0 saturated carbocycles. The number of benzene rings is 2. The fourth-order valence-corrected chi connectivity index (χ4v) is 2.74. The molecule has 0 saturated heterocycles. The Labute approximate surface area is 175 Å². The Morgan fingerprint density at radius 2 is 2.03 bits per heavy atom. The molecular weight excluding hydrogens is 449 g/mol. The number of hydrogen-bond donors (Lipinski definition) is 1. The first-order valence-electron chi connectivity index (χ1n) is 8.77. The number of carbonyl (C=O) groups is 1. The van der Waals surface area contributed by atoms with Gasteiger partial charge in [0, 0.05) is 15.7 Å².